The van der Waals surface area contributed by atoms with Crippen LogP contribution in [0.1, 0.15) is 35.8 Å². The van der Waals surface area contributed by atoms with Gasteiger partial charge in [-0.05, 0) is 60.6 Å². The summed E-state index contributed by atoms with van der Waals surface area (Å²) in [7, 11) is 0. The van der Waals surface area contributed by atoms with Gasteiger partial charge in [-0.3, -0.25) is 0 Å². The van der Waals surface area contributed by atoms with E-state index in [2.05, 4.69) is 50.3 Å². The van der Waals surface area contributed by atoms with Crippen LogP contribution in [-0.2, 0) is 12.8 Å². The molecule has 1 heterocycles. The molecule has 1 aliphatic carbocycles. The highest BCUT2D eigenvalue weighted by atomic mass is 79.9. The molecular formula is C19H17BrN2O. The Hall–Kier alpha value is -1.94. The summed E-state index contributed by atoms with van der Waals surface area (Å²) in [6.45, 7) is 0. The van der Waals surface area contributed by atoms with Crippen molar-refractivity contribution in [3.8, 4) is 11.4 Å². The Bertz CT molecular complexity index is 806. The SMILES string of the molecule is Brc1ccc(-c2noc(CCc3cccc(C4CC4)c3)n2)cc1. The van der Waals surface area contributed by atoms with Gasteiger partial charge in [0, 0.05) is 16.5 Å². The van der Waals surface area contributed by atoms with Gasteiger partial charge in [0.1, 0.15) is 0 Å². The number of aromatic nitrogens is 2. The maximum Gasteiger partial charge on any atom is 0.227 e. The minimum absolute atomic E-state index is 0.652. The molecule has 1 fully saturated rings. The van der Waals surface area contributed by atoms with Crippen LogP contribution in [0.3, 0.4) is 0 Å². The van der Waals surface area contributed by atoms with E-state index in [1.54, 1.807) is 0 Å². The Balaban J connectivity index is 1.43. The van der Waals surface area contributed by atoms with Crippen molar-refractivity contribution in [1.29, 1.82) is 0 Å². The van der Waals surface area contributed by atoms with E-state index in [0.717, 1.165) is 28.8 Å². The summed E-state index contributed by atoms with van der Waals surface area (Å²) in [5.74, 6) is 2.14. The van der Waals surface area contributed by atoms with Crippen LogP contribution in [0.25, 0.3) is 11.4 Å². The van der Waals surface area contributed by atoms with E-state index in [4.69, 9.17) is 4.52 Å². The van der Waals surface area contributed by atoms with Gasteiger partial charge in [-0.1, -0.05) is 45.4 Å². The number of nitrogens with zero attached hydrogens (tertiary/aromatic N) is 2. The molecule has 3 aromatic rings. The maximum atomic E-state index is 5.39. The summed E-state index contributed by atoms with van der Waals surface area (Å²) in [4.78, 5) is 4.50. The quantitative estimate of drug-likeness (QED) is 0.624. The predicted molar refractivity (Wildman–Crippen MR) is 93.3 cm³/mol. The van der Waals surface area contributed by atoms with E-state index in [1.807, 2.05) is 24.3 Å². The lowest BCUT2D eigenvalue weighted by Gasteiger charge is -2.02. The zero-order valence-electron chi connectivity index (χ0n) is 12.7. The second-order valence-corrected chi connectivity index (χ2v) is 6.95. The largest absolute Gasteiger partial charge is 0.339 e. The van der Waals surface area contributed by atoms with Gasteiger partial charge in [0.2, 0.25) is 11.7 Å². The van der Waals surface area contributed by atoms with Crippen LogP contribution in [0.5, 0.6) is 0 Å². The Morgan fingerprint density at radius 1 is 1.04 bits per heavy atom. The van der Waals surface area contributed by atoms with Gasteiger partial charge in [0.05, 0.1) is 0 Å². The molecule has 4 rings (SSSR count). The molecule has 0 radical (unpaired) electrons. The monoisotopic (exact) mass is 368 g/mol. The summed E-state index contributed by atoms with van der Waals surface area (Å²) in [5.41, 5.74) is 3.79. The smallest absolute Gasteiger partial charge is 0.227 e. The van der Waals surface area contributed by atoms with Gasteiger partial charge in [-0.15, -0.1) is 0 Å². The van der Waals surface area contributed by atoms with Crippen molar-refractivity contribution in [2.45, 2.75) is 31.6 Å². The van der Waals surface area contributed by atoms with Gasteiger partial charge < -0.3 is 4.52 Å². The summed E-state index contributed by atoms with van der Waals surface area (Å²) < 4.78 is 6.43. The Kier molecular flexibility index (Phi) is 4.00. The molecule has 116 valence electrons. The highest BCUT2D eigenvalue weighted by Gasteiger charge is 2.23. The minimum atomic E-state index is 0.652. The standard InChI is InChI=1S/C19H17BrN2O/c20-17-9-7-15(8-10-17)19-21-18(23-22-19)11-4-13-2-1-3-16(12-13)14-5-6-14/h1-3,7-10,12,14H,4-6,11H2. The summed E-state index contributed by atoms with van der Waals surface area (Å²) in [6.07, 6.45) is 4.38. The first kappa shape index (κ1) is 14.6. The van der Waals surface area contributed by atoms with Crippen molar-refractivity contribution in [2.24, 2.45) is 0 Å². The molecule has 2 aromatic carbocycles. The van der Waals surface area contributed by atoms with Crippen molar-refractivity contribution in [3.05, 3.63) is 70.0 Å². The Labute approximate surface area is 143 Å². The van der Waals surface area contributed by atoms with Crippen molar-refractivity contribution >= 4 is 15.9 Å². The Morgan fingerprint density at radius 2 is 1.87 bits per heavy atom. The van der Waals surface area contributed by atoms with E-state index in [-0.39, 0.29) is 0 Å². The van der Waals surface area contributed by atoms with Gasteiger partial charge >= 0.3 is 0 Å². The number of hydrogen-bond donors (Lipinski definition) is 0. The zero-order chi connectivity index (χ0) is 15.6. The van der Waals surface area contributed by atoms with Gasteiger partial charge in [0.25, 0.3) is 0 Å². The van der Waals surface area contributed by atoms with Crippen molar-refractivity contribution in [2.75, 3.05) is 0 Å². The molecule has 0 N–H and O–H groups in total. The molecule has 0 amide bonds. The molecule has 0 aliphatic heterocycles. The minimum Gasteiger partial charge on any atom is -0.339 e. The fourth-order valence-corrected chi connectivity index (χ4v) is 3.01. The molecule has 0 unspecified atom stereocenters. The number of aryl methyl sites for hydroxylation is 2. The van der Waals surface area contributed by atoms with Crippen LogP contribution in [0, 0.1) is 0 Å². The van der Waals surface area contributed by atoms with Crippen molar-refractivity contribution in [1.82, 2.24) is 10.1 Å². The number of benzene rings is 2. The second-order valence-electron chi connectivity index (χ2n) is 6.04. The van der Waals surface area contributed by atoms with Gasteiger partial charge in [-0.2, -0.15) is 4.98 Å². The highest BCUT2D eigenvalue weighted by Crippen LogP contribution is 2.40. The molecule has 1 aromatic heterocycles. The predicted octanol–water partition coefficient (Wildman–Crippen LogP) is 5.16. The molecular weight excluding hydrogens is 352 g/mol. The molecule has 0 saturated heterocycles. The summed E-state index contributed by atoms with van der Waals surface area (Å²) >= 11 is 3.43. The molecule has 0 atom stereocenters. The molecule has 4 heteroatoms. The fourth-order valence-electron chi connectivity index (χ4n) is 2.74. The van der Waals surface area contributed by atoms with E-state index in [1.165, 1.54) is 24.0 Å². The Morgan fingerprint density at radius 3 is 2.65 bits per heavy atom. The average molecular weight is 369 g/mol. The van der Waals surface area contributed by atoms with Crippen LogP contribution in [0.4, 0.5) is 0 Å². The maximum absolute atomic E-state index is 5.39. The van der Waals surface area contributed by atoms with Crippen LogP contribution >= 0.6 is 15.9 Å². The number of hydrogen-bond acceptors (Lipinski definition) is 3. The molecule has 1 aliphatic rings. The normalized spacial score (nSPS) is 14.1. The lowest BCUT2D eigenvalue weighted by atomic mass is 10.0. The third-order valence-corrected chi connectivity index (χ3v) is 4.73. The van der Waals surface area contributed by atoms with Crippen LogP contribution < -0.4 is 0 Å². The fraction of sp³-hybridized carbons (Fsp3) is 0.263. The summed E-state index contributed by atoms with van der Waals surface area (Å²) in [5, 5.41) is 4.08. The van der Waals surface area contributed by atoms with E-state index in [9.17, 15) is 0 Å². The van der Waals surface area contributed by atoms with Crippen molar-refractivity contribution in [3.63, 3.8) is 0 Å². The first-order chi connectivity index (χ1) is 11.3. The summed E-state index contributed by atoms with van der Waals surface area (Å²) in [6, 6.07) is 16.8. The van der Waals surface area contributed by atoms with Crippen molar-refractivity contribution < 1.29 is 4.52 Å². The molecule has 3 nitrogen and oxygen atoms in total. The van der Waals surface area contributed by atoms with Crippen LogP contribution in [-0.4, -0.2) is 10.1 Å². The lowest BCUT2D eigenvalue weighted by molar-refractivity contribution is 0.379. The molecule has 23 heavy (non-hydrogen) atoms. The average Bonchev–Trinajstić information content (AvgIpc) is 3.33. The van der Waals surface area contributed by atoms with E-state index in [0.29, 0.717) is 11.7 Å². The number of halogens is 1. The van der Waals surface area contributed by atoms with Gasteiger partial charge in [-0.25, -0.2) is 0 Å². The topological polar surface area (TPSA) is 38.9 Å². The van der Waals surface area contributed by atoms with Gasteiger partial charge in [0.15, 0.2) is 0 Å². The van der Waals surface area contributed by atoms with Crippen LogP contribution in [0.15, 0.2) is 57.5 Å². The van der Waals surface area contributed by atoms with E-state index < -0.39 is 0 Å². The lowest BCUT2D eigenvalue weighted by Crippen LogP contribution is -1.93. The molecule has 0 bridgehead atoms. The van der Waals surface area contributed by atoms with E-state index >= 15 is 0 Å². The molecule has 1 saturated carbocycles. The first-order valence-corrected chi connectivity index (χ1v) is 8.74. The third kappa shape index (κ3) is 3.53. The molecule has 0 spiro atoms. The number of rotatable bonds is 5. The first-order valence-electron chi connectivity index (χ1n) is 7.95. The zero-order valence-corrected chi connectivity index (χ0v) is 14.3. The van der Waals surface area contributed by atoms with Crippen LogP contribution in [0.2, 0.25) is 0 Å². The third-order valence-electron chi connectivity index (χ3n) is 4.20. The highest BCUT2D eigenvalue weighted by molar-refractivity contribution is 9.10. The second kappa shape index (κ2) is 6.28.